The summed E-state index contributed by atoms with van der Waals surface area (Å²) in [7, 11) is 1.64. The minimum absolute atomic E-state index is 0. The largest absolute Gasteiger partial charge is 0.497 e. The van der Waals surface area contributed by atoms with Crippen molar-refractivity contribution in [3.63, 3.8) is 0 Å². The monoisotopic (exact) mass is 425 g/mol. The van der Waals surface area contributed by atoms with Gasteiger partial charge in [-0.25, -0.2) is 9.97 Å². The van der Waals surface area contributed by atoms with Crippen LogP contribution in [0.5, 0.6) is 5.75 Å². The van der Waals surface area contributed by atoms with Gasteiger partial charge in [0.05, 0.1) is 18.8 Å². The first-order valence-electron chi connectivity index (χ1n) is 8.99. The molecule has 9 heteroatoms. The molecular weight excluding hydrogens is 401 g/mol. The Hall–Kier alpha value is -2.09. The van der Waals surface area contributed by atoms with Gasteiger partial charge in [0, 0.05) is 37.2 Å². The summed E-state index contributed by atoms with van der Waals surface area (Å²) in [4.78, 5) is 23.2. The molecule has 4 rings (SSSR count). The first-order valence-corrected chi connectivity index (χ1v) is 8.99. The number of ether oxygens (including phenoxy) is 1. The van der Waals surface area contributed by atoms with Crippen LogP contribution in [0.2, 0.25) is 0 Å². The number of hydrogen-bond donors (Lipinski definition) is 2. The third-order valence-corrected chi connectivity index (χ3v) is 4.97. The number of nitrogens with zero attached hydrogens (tertiary/aromatic N) is 3. The standard InChI is InChI=1S/C19H23N5O2.2ClH/c1-26-15-4-2-14(3-5-15)24-11-13(10-18(24)25)23-19-16-6-8-20-9-7-17(16)21-12-22-19;;/h2-5,12-13,20H,6-11H2,1H3,(H,21,22,23);2*1H. The summed E-state index contributed by atoms with van der Waals surface area (Å²) in [5, 5.41) is 6.88. The molecule has 28 heavy (non-hydrogen) atoms. The molecule has 1 aromatic heterocycles. The van der Waals surface area contributed by atoms with Crippen LogP contribution in [0.15, 0.2) is 30.6 Å². The molecule has 0 spiro atoms. The maximum absolute atomic E-state index is 12.5. The van der Waals surface area contributed by atoms with E-state index in [0.29, 0.717) is 13.0 Å². The van der Waals surface area contributed by atoms with E-state index in [1.54, 1.807) is 13.4 Å². The van der Waals surface area contributed by atoms with Crippen LogP contribution in [0.4, 0.5) is 11.5 Å². The van der Waals surface area contributed by atoms with E-state index in [1.165, 1.54) is 5.56 Å². The van der Waals surface area contributed by atoms with E-state index in [2.05, 4.69) is 20.6 Å². The molecule has 3 heterocycles. The Morgan fingerprint density at radius 2 is 1.89 bits per heavy atom. The summed E-state index contributed by atoms with van der Waals surface area (Å²) >= 11 is 0. The molecule has 1 saturated heterocycles. The Bertz CT molecular complexity index is 803. The maximum Gasteiger partial charge on any atom is 0.229 e. The van der Waals surface area contributed by atoms with Gasteiger partial charge in [0.25, 0.3) is 0 Å². The van der Waals surface area contributed by atoms with E-state index in [4.69, 9.17) is 4.74 Å². The fourth-order valence-corrected chi connectivity index (χ4v) is 3.61. The van der Waals surface area contributed by atoms with Gasteiger partial charge in [0.1, 0.15) is 17.9 Å². The van der Waals surface area contributed by atoms with E-state index in [9.17, 15) is 4.79 Å². The normalized spacial score (nSPS) is 18.4. The molecule has 0 saturated carbocycles. The van der Waals surface area contributed by atoms with Crippen LogP contribution < -0.4 is 20.3 Å². The lowest BCUT2D eigenvalue weighted by atomic mass is 10.1. The number of nitrogens with one attached hydrogen (secondary N) is 2. The lowest BCUT2D eigenvalue weighted by Gasteiger charge is -2.19. The molecule has 2 aliphatic rings. The molecule has 0 aliphatic carbocycles. The van der Waals surface area contributed by atoms with Crippen molar-refractivity contribution < 1.29 is 9.53 Å². The lowest BCUT2D eigenvalue weighted by molar-refractivity contribution is -0.117. The summed E-state index contributed by atoms with van der Waals surface area (Å²) < 4.78 is 5.19. The summed E-state index contributed by atoms with van der Waals surface area (Å²) in [6.45, 7) is 2.50. The zero-order valence-electron chi connectivity index (χ0n) is 15.7. The average molecular weight is 426 g/mol. The van der Waals surface area contributed by atoms with Gasteiger partial charge in [-0.1, -0.05) is 0 Å². The number of rotatable bonds is 4. The number of aromatic nitrogens is 2. The number of benzene rings is 1. The molecule has 0 radical (unpaired) electrons. The van der Waals surface area contributed by atoms with Crippen LogP contribution in [0.25, 0.3) is 0 Å². The zero-order valence-corrected chi connectivity index (χ0v) is 17.3. The van der Waals surface area contributed by atoms with E-state index >= 15 is 0 Å². The van der Waals surface area contributed by atoms with Crippen molar-refractivity contribution in [1.82, 2.24) is 15.3 Å². The second-order valence-electron chi connectivity index (χ2n) is 6.65. The second-order valence-corrected chi connectivity index (χ2v) is 6.65. The molecule has 7 nitrogen and oxygen atoms in total. The molecule has 0 bridgehead atoms. The minimum atomic E-state index is 0. The van der Waals surface area contributed by atoms with Crippen molar-refractivity contribution in [2.24, 2.45) is 0 Å². The highest BCUT2D eigenvalue weighted by molar-refractivity contribution is 5.96. The topological polar surface area (TPSA) is 79.4 Å². The minimum Gasteiger partial charge on any atom is -0.497 e. The SMILES string of the molecule is COc1ccc(N2CC(Nc3ncnc4c3CCNCC4)CC2=O)cc1.Cl.Cl. The number of carbonyl (C=O) groups is 1. The molecule has 1 unspecified atom stereocenters. The first kappa shape index (κ1) is 22.2. The van der Waals surface area contributed by atoms with Crippen LogP contribution in [0, 0.1) is 0 Å². The van der Waals surface area contributed by atoms with Crippen molar-refractivity contribution >= 4 is 42.2 Å². The predicted molar refractivity (Wildman–Crippen MR) is 114 cm³/mol. The summed E-state index contributed by atoms with van der Waals surface area (Å²) in [5.74, 6) is 1.77. The highest BCUT2D eigenvalue weighted by atomic mass is 35.5. The van der Waals surface area contributed by atoms with Gasteiger partial charge >= 0.3 is 0 Å². The number of halogens is 2. The van der Waals surface area contributed by atoms with E-state index < -0.39 is 0 Å². The van der Waals surface area contributed by atoms with Crippen molar-refractivity contribution in [3.05, 3.63) is 41.9 Å². The fourth-order valence-electron chi connectivity index (χ4n) is 3.61. The number of fused-ring (bicyclic) bond motifs is 1. The molecular formula is C19H25Cl2N5O2. The molecule has 2 aromatic rings. The van der Waals surface area contributed by atoms with Gasteiger partial charge in [0.2, 0.25) is 5.91 Å². The predicted octanol–water partition coefficient (Wildman–Crippen LogP) is 2.23. The molecule has 1 amide bonds. The van der Waals surface area contributed by atoms with Gasteiger partial charge < -0.3 is 20.3 Å². The fraction of sp³-hybridized carbons (Fsp3) is 0.421. The summed E-state index contributed by atoms with van der Waals surface area (Å²) in [6, 6.07) is 7.63. The van der Waals surface area contributed by atoms with Crippen LogP contribution >= 0.6 is 24.8 Å². The van der Waals surface area contributed by atoms with Gasteiger partial charge in [-0.05, 0) is 37.2 Å². The second kappa shape index (κ2) is 9.91. The third-order valence-electron chi connectivity index (χ3n) is 4.97. The quantitative estimate of drug-likeness (QED) is 0.781. The third kappa shape index (κ3) is 4.66. The van der Waals surface area contributed by atoms with E-state index in [-0.39, 0.29) is 36.8 Å². The van der Waals surface area contributed by atoms with Crippen molar-refractivity contribution in [2.45, 2.75) is 25.3 Å². The van der Waals surface area contributed by atoms with E-state index in [0.717, 1.165) is 48.9 Å². The smallest absolute Gasteiger partial charge is 0.229 e. The Labute approximate surface area is 177 Å². The number of anilines is 2. The summed E-state index contributed by atoms with van der Waals surface area (Å²) in [5.41, 5.74) is 3.17. The number of carbonyl (C=O) groups excluding carboxylic acids is 1. The molecule has 1 atom stereocenters. The molecule has 2 aliphatic heterocycles. The van der Waals surface area contributed by atoms with Crippen LogP contribution in [0.3, 0.4) is 0 Å². The molecule has 1 aromatic carbocycles. The Balaban J connectivity index is 0.00000140. The van der Waals surface area contributed by atoms with E-state index in [1.807, 2.05) is 29.2 Å². The van der Waals surface area contributed by atoms with Gasteiger partial charge in [0.15, 0.2) is 0 Å². The number of methoxy groups -OCH3 is 1. The Kier molecular flexibility index (Phi) is 7.86. The van der Waals surface area contributed by atoms with Crippen molar-refractivity contribution in [1.29, 1.82) is 0 Å². The highest BCUT2D eigenvalue weighted by Crippen LogP contribution is 2.26. The van der Waals surface area contributed by atoms with Gasteiger partial charge in [-0.3, -0.25) is 4.79 Å². The Morgan fingerprint density at radius 1 is 1.14 bits per heavy atom. The summed E-state index contributed by atoms with van der Waals surface area (Å²) in [6.07, 6.45) is 3.89. The average Bonchev–Trinajstić information content (AvgIpc) is 2.87. The molecule has 152 valence electrons. The number of hydrogen-bond acceptors (Lipinski definition) is 6. The Morgan fingerprint density at radius 3 is 2.64 bits per heavy atom. The van der Waals surface area contributed by atoms with Crippen molar-refractivity contribution in [3.8, 4) is 5.75 Å². The maximum atomic E-state index is 12.5. The van der Waals surface area contributed by atoms with Crippen LogP contribution in [-0.4, -0.2) is 48.7 Å². The zero-order chi connectivity index (χ0) is 17.9. The van der Waals surface area contributed by atoms with Gasteiger partial charge in [-0.15, -0.1) is 24.8 Å². The highest BCUT2D eigenvalue weighted by Gasteiger charge is 2.31. The van der Waals surface area contributed by atoms with Crippen LogP contribution in [0.1, 0.15) is 17.7 Å². The van der Waals surface area contributed by atoms with Crippen LogP contribution in [-0.2, 0) is 17.6 Å². The van der Waals surface area contributed by atoms with Crippen molar-refractivity contribution in [2.75, 3.05) is 37.0 Å². The number of amides is 1. The first-order chi connectivity index (χ1) is 12.7. The molecule has 2 N–H and O–H groups in total. The molecule has 1 fully saturated rings. The van der Waals surface area contributed by atoms with Gasteiger partial charge in [-0.2, -0.15) is 0 Å². The lowest BCUT2D eigenvalue weighted by Crippen LogP contribution is -2.28.